The molecule has 1 aliphatic carbocycles. The second kappa shape index (κ2) is 7.43. The molecule has 2 aromatic rings. The number of fused-ring (bicyclic) bond motifs is 1. The maximum absolute atomic E-state index is 13.9. The maximum Gasteiger partial charge on any atom is 0.227 e. The predicted octanol–water partition coefficient (Wildman–Crippen LogP) is 3.05. The Bertz CT molecular complexity index is 982. The van der Waals surface area contributed by atoms with E-state index >= 15 is 0 Å². The second-order valence-electron chi connectivity index (χ2n) is 7.30. The van der Waals surface area contributed by atoms with E-state index in [1.807, 2.05) is 18.2 Å². The average Bonchev–Trinajstić information content (AvgIpc) is 3.32. The van der Waals surface area contributed by atoms with Crippen LogP contribution in [0, 0.1) is 23.1 Å². The maximum atomic E-state index is 13.9. The molecule has 0 spiro atoms. The Morgan fingerprint density at radius 1 is 1.21 bits per heavy atom. The van der Waals surface area contributed by atoms with Gasteiger partial charge in [-0.1, -0.05) is 24.3 Å². The van der Waals surface area contributed by atoms with Crippen LogP contribution >= 0.6 is 0 Å². The van der Waals surface area contributed by atoms with E-state index in [9.17, 15) is 19.2 Å². The number of nitrogens with zero attached hydrogens (tertiary/aromatic N) is 2. The second-order valence-corrected chi connectivity index (χ2v) is 7.30. The van der Waals surface area contributed by atoms with Crippen LogP contribution in [0.25, 0.3) is 0 Å². The van der Waals surface area contributed by atoms with Crippen LogP contribution in [0.15, 0.2) is 42.5 Å². The number of halogens is 1. The quantitative estimate of drug-likeness (QED) is 0.890. The molecule has 2 aromatic carbocycles. The van der Waals surface area contributed by atoms with Gasteiger partial charge in [0.05, 0.1) is 12.0 Å². The lowest BCUT2D eigenvalue weighted by Gasteiger charge is -2.19. The molecule has 2 atom stereocenters. The van der Waals surface area contributed by atoms with Crippen LogP contribution in [0.2, 0.25) is 0 Å². The zero-order valence-corrected chi connectivity index (χ0v) is 15.3. The lowest BCUT2D eigenvalue weighted by atomic mass is 10.0. The van der Waals surface area contributed by atoms with Crippen molar-refractivity contribution in [3.8, 4) is 6.07 Å². The summed E-state index contributed by atoms with van der Waals surface area (Å²) < 4.78 is 13.9. The molecule has 2 unspecified atom stereocenters. The summed E-state index contributed by atoms with van der Waals surface area (Å²) in [7, 11) is 0. The van der Waals surface area contributed by atoms with Crippen molar-refractivity contribution >= 4 is 17.5 Å². The van der Waals surface area contributed by atoms with E-state index in [0.717, 1.165) is 24.9 Å². The highest BCUT2D eigenvalue weighted by atomic mass is 19.1. The molecule has 0 radical (unpaired) electrons. The van der Waals surface area contributed by atoms with Crippen LogP contribution < -0.4 is 10.2 Å². The Labute approximate surface area is 162 Å². The average molecular weight is 377 g/mol. The Kier molecular flexibility index (Phi) is 4.82. The lowest BCUT2D eigenvalue weighted by molar-refractivity contribution is -0.126. The normalized spacial score (nSPS) is 19.2. The number of aryl methyl sites for hydroxylation is 2. The van der Waals surface area contributed by atoms with Gasteiger partial charge in [-0.3, -0.25) is 9.59 Å². The summed E-state index contributed by atoms with van der Waals surface area (Å²) in [5.41, 5.74) is 3.53. The van der Waals surface area contributed by atoms with E-state index in [1.165, 1.54) is 29.3 Å². The van der Waals surface area contributed by atoms with Crippen molar-refractivity contribution in [3.63, 3.8) is 0 Å². The van der Waals surface area contributed by atoms with E-state index in [1.54, 1.807) is 11.0 Å². The molecule has 0 bridgehead atoms. The number of rotatable bonds is 4. The van der Waals surface area contributed by atoms with Gasteiger partial charge in [-0.2, -0.15) is 5.26 Å². The summed E-state index contributed by atoms with van der Waals surface area (Å²) in [6.45, 7) is 0.263. The van der Waals surface area contributed by atoms with Gasteiger partial charge in [-0.15, -0.1) is 0 Å². The van der Waals surface area contributed by atoms with E-state index in [2.05, 4.69) is 11.4 Å². The number of hydrogen-bond donors (Lipinski definition) is 1. The molecule has 1 N–H and O–H groups in total. The summed E-state index contributed by atoms with van der Waals surface area (Å²) in [5, 5.41) is 11.9. The summed E-state index contributed by atoms with van der Waals surface area (Å²) >= 11 is 0. The van der Waals surface area contributed by atoms with Gasteiger partial charge in [0.15, 0.2) is 0 Å². The molecule has 1 aliphatic heterocycles. The fourth-order valence-electron chi connectivity index (χ4n) is 4.01. The van der Waals surface area contributed by atoms with Crippen molar-refractivity contribution in [3.05, 3.63) is 65.0 Å². The van der Waals surface area contributed by atoms with Crippen LogP contribution in [0.4, 0.5) is 10.1 Å². The van der Waals surface area contributed by atoms with Gasteiger partial charge in [-0.05, 0) is 48.6 Å². The molecular weight excluding hydrogens is 357 g/mol. The third kappa shape index (κ3) is 3.36. The number of carbonyl (C=O) groups excluding carboxylic acids is 2. The van der Waals surface area contributed by atoms with Gasteiger partial charge < -0.3 is 10.2 Å². The standard InChI is InChI=1S/C22H20FN3O2/c23-19-7-2-1-6-18(19)20(12-24)25-22(28)16-11-21(27)26(13-16)17-9-8-14-4-3-5-15(14)10-17/h1-2,6-10,16,20H,3-5,11,13H2,(H,25,28). The van der Waals surface area contributed by atoms with Crippen LogP contribution in [0.1, 0.15) is 35.6 Å². The Morgan fingerprint density at radius 3 is 2.79 bits per heavy atom. The molecule has 1 heterocycles. The molecule has 6 heteroatoms. The number of hydrogen-bond acceptors (Lipinski definition) is 3. The first-order valence-corrected chi connectivity index (χ1v) is 9.43. The highest BCUT2D eigenvalue weighted by molar-refractivity contribution is 6.00. The van der Waals surface area contributed by atoms with Crippen molar-refractivity contribution in [2.75, 3.05) is 11.4 Å². The first-order chi connectivity index (χ1) is 13.6. The zero-order valence-electron chi connectivity index (χ0n) is 15.3. The number of benzene rings is 2. The van der Waals surface area contributed by atoms with Crippen LogP contribution in [-0.2, 0) is 22.4 Å². The molecule has 2 amide bonds. The van der Waals surface area contributed by atoms with E-state index < -0.39 is 23.7 Å². The molecule has 4 rings (SSSR count). The van der Waals surface area contributed by atoms with Crippen molar-refractivity contribution < 1.29 is 14.0 Å². The Balaban J connectivity index is 1.47. The van der Waals surface area contributed by atoms with Crippen molar-refractivity contribution in [2.24, 2.45) is 5.92 Å². The van der Waals surface area contributed by atoms with Crippen molar-refractivity contribution in [1.29, 1.82) is 5.26 Å². The molecule has 2 aliphatic rings. The minimum Gasteiger partial charge on any atom is -0.336 e. The summed E-state index contributed by atoms with van der Waals surface area (Å²) in [4.78, 5) is 26.8. The van der Waals surface area contributed by atoms with Crippen LogP contribution in [0.3, 0.4) is 0 Å². The third-order valence-electron chi connectivity index (χ3n) is 5.52. The number of carbonyl (C=O) groups is 2. The van der Waals surface area contributed by atoms with Gasteiger partial charge in [-0.25, -0.2) is 4.39 Å². The number of amides is 2. The fourth-order valence-corrected chi connectivity index (χ4v) is 4.01. The van der Waals surface area contributed by atoms with Crippen molar-refractivity contribution in [2.45, 2.75) is 31.7 Å². The minimum atomic E-state index is -1.09. The molecule has 142 valence electrons. The third-order valence-corrected chi connectivity index (χ3v) is 5.52. The highest BCUT2D eigenvalue weighted by Crippen LogP contribution is 2.31. The van der Waals surface area contributed by atoms with Crippen LogP contribution in [-0.4, -0.2) is 18.4 Å². The number of nitrogens with one attached hydrogen (secondary N) is 1. The highest BCUT2D eigenvalue weighted by Gasteiger charge is 2.36. The van der Waals surface area contributed by atoms with Gasteiger partial charge in [0.1, 0.15) is 11.9 Å². The van der Waals surface area contributed by atoms with Gasteiger partial charge in [0.25, 0.3) is 0 Å². The fraction of sp³-hybridized carbons (Fsp3) is 0.318. The molecular formula is C22H20FN3O2. The van der Waals surface area contributed by atoms with E-state index in [4.69, 9.17) is 0 Å². The summed E-state index contributed by atoms with van der Waals surface area (Å²) in [5.74, 6) is -1.63. The molecule has 0 aromatic heterocycles. The molecule has 1 fully saturated rings. The topological polar surface area (TPSA) is 73.2 Å². The largest absolute Gasteiger partial charge is 0.336 e. The summed E-state index contributed by atoms with van der Waals surface area (Å²) in [6.07, 6.45) is 3.30. The van der Waals surface area contributed by atoms with Gasteiger partial charge >= 0.3 is 0 Å². The van der Waals surface area contributed by atoms with E-state index in [-0.39, 0.29) is 24.4 Å². The Morgan fingerprint density at radius 2 is 2.00 bits per heavy atom. The Hall–Kier alpha value is -3.20. The lowest BCUT2D eigenvalue weighted by Crippen LogP contribution is -2.35. The summed E-state index contributed by atoms with van der Waals surface area (Å²) in [6, 6.07) is 12.7. The smallest absolute Gasteiger partial charge is 0.227 e. The molecule has 0 saturated carbocycles. The van der Waals surface area contributed by atoms with E-state index in [0.29, 0.717) is 0 Å². The SMILES string of the molecule is N#CC(NC(=O)C1CC(=O)N(c2ccc3c(c2)CCC3)C1)c1ccccc1F. The molecule has 28 heavy (non-hydrogen) atoms. The first kappa shape index (κ1) is 18.2. The van der Waals surface area contributed by atoms with Gasteiger partial charge in [0.2, 0.25) is 11.8 Å². The van der Waals surface area contributed by atoms with Gasteiger partial charge in [0, 0.05) is 24.2 Å². The van der Waals surface area contributed by atoms with Crippen LogP contribution in [0.5, 0.6) is 0 Å². The number of nitriles is 1. The first-order valence-electron chi connectivity index (χ1n) is 9.43. The predicted molar refractivity (Wildman–Crippen MR) is 102 cm³/mol. The minimum absolute atomic E-state index is 0.0817. The molecule has 5 nitrogen and oxygen atoms in total. The monoisotopic (exact) mass is 377 g/mol. The van der Waals surface area contributed by atoms with Crippen molar-refractivity contribution in [1.82, 2.24) is 5.32 Å². The zero-order chi connectivity index (χ0) is 19.7. The molecule has 1 saturated heterocycles. The number of anilines is 1.